The van der Waals surface area contributed by atoms with Gasteiger partial charge < -0.3 is 5.32 Å². The molecule has 1 heterocycles. The molecule has 2 unspecified atom stereocenters. The fourth-order valence-electron chi connectivity index (χ4n) is 2.21. The van der Waals surface area contributed by atoms with Crippen molar-refractivity contribution < 1.29 is 0 Å². The summed E-state index contributed by atoms with van der Waals surface area (Å²) in [7, 11) is 0. The van der Waals surface area contributed by atoms with Gasteiger partial charge in [-0.15, -0.1) is 0 Å². The monoisotopic (exact) mass is 250 g/mol. The third kappa shape index (κ3) is 3.65. The number of hydrogen-bond donors (Lipinski definition) is 1. The highest BCUT2D eigenvalue weighted by Gasteiger charge is 2.24. The fourth-order valence-corrected chi connectivity index (χ4v) is 3.37. The van der Waals surface area contributed by atoms with Gasteiger partial charge in [-0.3, -0.25) is 4.90 Å². The first-order valence-electron chi connectivity index (χ1n) is 6.42. The summed E-state index contributed by atoms with van der Waals surface area (Å²) >= 11 is 2.10. The lowest BCUT2D eigenvalue weighted by atomic mass is 10.2. The van der Waals surface area contributed by atoms with Crippen LogP contribution in [-0.4, -0.2) is 41.6 Å². The topological polar surface area (TPSA) is 15.3 Å². The van der Waals surface area contributed by atoms with E-state index >= 15 is 0 Å². The van der Waals surface area contributed by atoms with E-state index in [0.717, 1.165) is 18.3 Å². The largest absolute Gasteiger partial charge is 0.384 e. The number of para-hydroxylation sites is 1. The molecule has 1 fully saturated rings. The molecule has 94 valence electrons. The summed E-state index contributed by atoms with van der Waals surface area (Å²) in [4.78, 5) is 2.59. The van der Waals surface area contributed by atoms with Crippen LogP contribution in [0.1, 0.15) is 13.8 Å². The van der Waals surface area contributed by atoms with Gasteiger partial charge in [0.1, 0.15) is 0 Å². The van der Waals surface area contributed by atoms with Crippen molar-refractivity contribution >= 4 is 17.4 Å². The van der Waals surface area contributed by atoms with Gasteiger partial charge in [0.2, 0.25) is 0 Å². The zero-order valence-corrected chi connectivity index (χ0v) is 11.5. The Labute approximate surface area is 109 Å². The molecule has 0 bridgehead atoms. The molecule has 2 atom stereocenters. The molecule has 0 aromatic heterocycles. The number of benzene rings is 1. The molecule has 3 heteroatoms. The first-order valence-corrected chi connectivity index (χ1v) is 7.47. The lowest BCUT2D eigenvalue weighted by Crippen LogP contribution is -2.46. The summed E-state index contributed by atoms with van der Waals surface area (Å²) in [6.07, 6.45) is 0. The Kier molecular flexibility index (Phi) is 4.75. The van der Waals surface area contributed by atoms with Gasteiger partial charge in [0.15, 0.2) is 0 Å². The highest BCUT2D eigenvalue weighted by molar-refractivity contribution is 8.00. The smallest absolute Gasteiger partial charge is 0.0340 e. The maximum absolute atomic E-state index is 3.48. The zero-order chi connectivity index (χ0) is 12.1. The minimum atomic E-state index is 0.700. The molecule has 0 amide bonds. The van der Waals surface area contributed by atoms with Gasteiger partial charge in [0, 0.05) is 42.4 Å². The lowest BCUT2D eigenvalue weighted by molar-refractivity contribution is 0.221. The van der Waals surface area contributed by atoms with Crippen molar-refractivity contribution in [3.63, 3.8) is 0 Å². The van der Waals surface area contributed by atoms with Crippen molar-refractivity contribution in [3.05, 3.63) is 30.3 Å². The molecule has 1 aliphatic heterocycles. The molecule has 2 nitrogen and oxygen atoms in total. The molecule has 0 radical (unpaired) electrons. The van der Waals surface area contributed by atoms with E-state index in [2.05, 4.69) is 66.2 Å². The van der Waals surface area contributed by atoms with Crippen LogP contribution in [0.3, 0.4) is 0 Å². The molecule has 0 saturated carbocycles. The Hall–Kier alpha value is -0.670. The molecule has 1 aromatic rings. The van der Waals surface area contributed by atoms with Crippen LogP contribution in [0.4, 0.5) is 5.69 Å². The third-order valence-electron chi connectivity index (χ3n) is 3.52. The number of nitrogens with one attached hydrogen (secondary N) is 1. The van der Waals surface area contributed by atoms with Gasteiger partial charge in [-0.25, -0.2) is 0 Å². The van der Waals surface area contributed by atoms with Crippen LogP contribution < -0.4 is 5.32 Å². The minimum Gasteiger partial charge on any atom is -0.384 e. The molecular weight excluding hydrogens is 228 g/mol. The van der Waals surface area contributed by atoms with Gasteiger partial charge in [0.05, 0.1) is 0 Å². The Morgan fingerprint density at radius 2 is 2.06 bits per heavy atom. The second kappa shape index (κ2) is 6.31. The summed E-state index contributed by atoms with van der Waals surface area (Å²) in [5.41, 5.74) is 1.22. The molecule has 1 saturated heterocycles. The van der Waals surface area contributed by atoms with Crippen molar-refractivity contribution in [2.24, 2.45) is 0 Å². The molecule has 0 aliphatic carbocycles. The van der Waals surface area contributed by atoms with Gasteiger partial charge in [0.25, 0.3) is 0 Å². The Morgan fingerprint density at radius 1 is 1.29 bits per heavy atom. The van der Waals surface area contributed by atoms with Gasteiger partial charge in [-0.2, -0.15) is 11.8 Å². The summed E-state index contributed by atoms with van der Waals surface area (Å²) in [6.45, 7) is 8.09. The van der Waals surface area contributed by atoms with E-state index in [-0.39, 0.29) is 0 Å². The Morgan fingerprint density at radius 3 is 2.82 bits per heavy atom. The molecule has 1 N–H and O–H groups in total. The van der Waals surface area contributed by atoms with E-state index in [4.69, 9.17) is 0 Å². The molecule has 2 rings (SSSR count). The van der Waals surface area contributed by atoms with E-state index in [1.54, 1.807) is 0 Å². The van der Waals surface area contributed by atoms with Crippen LogP contribution >= 0.6 is 11.8 Å². The van der Waals surface area contributed by atoms with E-state index in [0.29, 0.717) is 6.04 Å². The SMILES string of the molecule is CC1SCCN(CCNc2ccccc2)C1C. The summed E-state index contributed by atoms with van der Waals surface area (Å²) < 4.78 is 0. The van der Waals surface area contributed by atoms with E-state index < -0.39 is 0 Å². The second-order valence-electron chi connectivity index (χ2n) is 4.65. The Balaban J connectivity index is 1.75. The molecule has 1 aliphatic rings. The summed E-state index contributed by atoms with van der Waals surface area (Å²) in [5, 5.41) is 4.24. The van der Waals surface area contributed by atoms with Crippen molar-refractivity contribution in [3.8, 4) is 0 Å². The summed E-state index contributed by atoms with van der Waals surface area (Å²) in [5.74, 6) is 1.27. The number of hydrogen-bond acceptors (Lipinski definition) is 3. The number of anilines is 1. The van der Waals surface area contributed by atoms with Crippen LogP contribution in [-0.2, 0) is 0 Å². The minimum absolute atomic E-state index is 0.700. The number of nitrogens with zero attached hydrogens (tertiary/aromatic N) is 1. The highest BCUT2D eigenvalue weighted by Crippen LogP contribution is 2.23. The van der Waals surface area contributed by atoms with Crippen LogP contribution in [0.15, 0.2) is 30.3 Å². The van der Waals surface area contributed by atoms with Crippen LogP contribution in [0.2, 0.25) is 0 Å². The number of thioether (sulfide) groups is 1. The van der Waals surface area contributed by atoms with Crippen LogP contribution in [0, 0.1) is 0 Å². The van der Waals surface area contributed by atoms with Crippen LogP contribution in [0.5, 0.6) is 0 Å². The van der Waals surface area contributed by atoms with Crippen molar-refractivity contribution in [1.82, 2.24) is 4.90 Å². The van der Waals surface area contributed by atoms with Gasteiger partial charge in [-0.1, -0.05) is 25.1 Å². The maximum atomic E-state index is 3.48. The molecule has 0 spiro atoms. The van der Waals surface area contributed by atoms with E-state index in [9.17, 15) is 0 Å². The fraction of sp³-hybridized carbons (Fsp3) is 0.571. The zero-order valence-electron chi connectivity index (χ0n) is 10.7. The summed E-state index contributed by atoms with van der Waals surface area (Å²) in [6, 6.07) is 11.1. The van der Waals surface area contributed by atoms with E-state index in [1.807, 2.05) is 0 Å². The van der Waals surface area contributed by atoms with Crippen molar-refractivity contribution in [2.45, 2.75) is 25.1 Å². The molecule has 1 aromatic carbocycles. The number of rotatable bonds is 4. The first kappa shape index (κ1) is 12.8. The normalized spacial score (nSPS) is 25.8. The Bertz CT molecular complexity index is 328. The van der Waals surface area contributed by atoms with Crippen molar-refractivity contribution in [2.75, 3.05) is 30.7 Å². The predicted octanol–water partition coefficient (Wildman–Crippen LogP) is 2.92. The molecule has 17 heavy (non-hydrogen) atoms. The maximum Gasteiger partial charge on any atom is 0.0340 e. The van der Waals surface area contributed by atoms with Gasteiger partial charge in [-0.05, 0) is 19.1 Å². The standard InChI is InChI=1S/C14H22N2S/c1-12-13(2)17-11-10-16(12)9-8-15-14-6-4-3-5-7-14/h3-7,12-13,15H,8-11H2,1-2H3. The third-order valence-corrected chi connectivity index (χ3v) is 4.85. The average molecular weight is 250 g/mol. The quantitative estimate of drug-likeness (QED) is 0.884. The second-order valence-corrected chi connectivity index (χ2v) is 6.13. The van der Waals surface area contributed by atoms with Gasteiger partial charge >= 0.3 is 0 Å². The first-order chi connectivity index (χ1) is 8.27. The predicted molar refractivity (Wildman–Crippen MR) is 77.9 cm³/mol. The lowest BCUT2D eigenvalue weighted by Gasteiger charge is -2.37. The van der Waals surface area contributed by atoms with Crippen LogP contribution in [0.25, 0.3) is 0 Å². The average Bonchev–Trinajstić information content (AvgIpc) is 2.36. The van der Waals surface area contributed by atoms with E-state index in [1.165, 1.54) is 18.0 Å². The highest BCUT2D eigenvalue weighted by atomic mass is 32.2. The van der Waals surface area contributed by atoms with Crippen molar-refractivity contribution in [1.29, 1.82) is 0 Å². The molecular formula is C14H22N2S.